The molecule has 0 atom stereocenters. The molecule has 110 valence electrons. The number of nitrogens with zero attached hydrogens (tertiary/aromatic N) is 4. The van der Waals surface area contributed by atoms with Crippen molar-refractivity contribution < 1.29 is 0 Å². The summed E-state index contributed by atoms with van der Waals surface area (Å²) in [5.41, 5.74) is 2.50. The second kappa shape index (κ2) is 5.30. The highest BCUT2D eigenvalue weighted by Crippen LogP contribution is 2.36. The molecule has 2 aromatic carbocycles. The molecule has 3 aromatic rings. The number of amidine groups is 1. The third kappa shape index (κ3) is 2.08. The molecule has 0 bridgehead atoms. The Kier molecular flexibility index (Phi) is 3.15. The second-order valence-electron chi connectivity index (χ2n) is 5.60. The molecule has 0 amide bonds. The van der Waals surface area contributed by atoms with E-state index in [1.807, 2.05) is 18.7 Å². The van der Waals surface area contributed by atoms with E-state index in [1.54, 1.807) is 0 Å². The molecule has 0 unspecified atom stereocenters. The molecule has 0 saturated heterocycles. The molecule has 1 aliphatic rings. The summed E-state index contributed by atoms with van der Waals surface area (Å²) >= 11 is 0. The zero-order valence-electron chi connectivity index (χ0n) is 12.6. The lowest BCUT2D eigenvalue weighted by atomic mass is 10.1. The minimum atomic E-state index is 0.822. The topological polar surface area (TPSA) is 33.4 Å². The van der Waals surface area contributed by atoms with E-state index in [-0.39, 0.29) is 0 Å². The van der Waals surface area contributed by atoms with Crippen molar-refractivity contribution in [1.29, 1.82) is 0 Å². The van der Waals surface area contributed by atoms with Gasteiger partial charge in [-0.15, -0.1) is 0 Å². The first-order chi connectivity index (χ1) is 10.8. The first-order valence-electron chi connectivity index (χ1n) is 7.60. The van der Waals surface area contributed by atoms with Crippen molar-refractivity contribution in [2.75, 3.05) is 18.5 Å². The molecule has 22 heavy (non-hydrogen) atoms. The van der Waals surface area contributed by atoms with Gasteiger partial charge in [-0.3, -0.25) is 4.99 Å². The first kappa shape index (κ1) is 13.1. The summed E-state index contributed by atoms with van der Waals surface area (Å²) in [4.78, 5) is 11.1. The van der Waals surface area contributed by atoms with Crippen LogP contribution in [-0.4, -0.2) is 29.0 Å². The SMILES string of the molecule is CN1/C(=N/CCCn2ccnc2)c2cccc3cccc1c23. The monoisotopic (exact) mass is 290 g/mol. The van der Waals surface area contributed by atoms with Gasteiger partial charge in [0.25, 0.3) is 0 Å². The van der Waals surface area contributed by atoms with E-state index in [9.17, 15) is 0 Å². The van der Waals surface area contributed by atoms with Gasteiger partial charge in [0.1, 0.15) is 5.84 Å². The Morgan fingerprint density at radius 3 is 2.82 bits per heavy atom. The van der Waals surface area contributed by atoms with Gasteiger partial charge < -0.3 is 9.47 Å². The number of imidazole rings is 1. The fourth-order valence-corrected chi connectivity index (χ4v) is 3.13. The van der Waals surface area contributed by atoms with Gasteiger partial charge in [0.15, 0.2) is 0 Å². The van der Waals surface area contributed by atoms with Crippen LogP contribution in [0, 0.1) is 0 Å². The Bertz CT molecular complexity index is 828. The first-order valence-corrected chi connectivity index (χ1v) is 7.60. The van der Waals surface area contributed by atoms with Crippen LogP contribution in [0.15, 0.2) is 60.1 Å². The average molecular weight is 290 g/mol. The predicted octanol–water partition coefficient (Wildman–Crippen LogP) is 3.32. The third-order valence-electron chi connectivity index (χ3n) is 4.20. The molecular weight excluding hydrogens is 272 g/mol. The van der Waals surface area contributed by atoms with Crippen LogP contribution in [-0.2, 0) is 6.54 Å². The molecule has 0 N–H and O–H groups in total. The van der Waals surface area contributed by atoms with Crippen molar-refractivity contribution >= 4 is 22.3 Å². The minimum absolute atomic E-state index is 0.822. The lowest BCUT2D eigenvalue weighted by molar-refractivity contribution is 0.650. The molecule has 2 heterocycles. The predicted molar refractivity (Wildman–Crippen MR) is 90.6 cm³/mol. The Hall–Kier alpha value is -2.62. The summed E-state index contributed by atoms with van der Waals surface area (Å²) in [6.45, 7) is 1.78. The van der Waals surface area contributed by atoms with Crippen LogP contribution in [0.3, 0.4) is 0 Å². The van der Waals surface area contributed by atoms with Crippen molar-refractivity contribution in [2.45, 2.75) is 13.0 Å². The summed E-state index contributed by atoms with van der Waals surface area (Å²) in [5, 5.41) is 2.60. The fraction of sp³-hybridized carbons (Fsp3) is 0.222. The Morgan fingerprint density at radius 2 is 2.00 bits per heavy atom. The number of hydrogen-bond donors (Lipinski definition) is 0. The normalized spacial score (nSPS) is 15.1. The molecule has 0 spiro atoms. The number of aryl methyl sites for hydroxylation is 1. The van der Waals surface area contributed by atoms with Crippen LogP contribution >= 0.6 is 0 Å². The fourth-order valence-electron chi connectivity index (χ4n) is 3.13. The van der Waals surface area contributed by atoms with E-state index < -0.39 is 0 Å². The lowest BCUT2D eigenvalue weighted by Crippen LogP contribution is -2.22. The van der Waals surface area contributed by atoms with E-state index in [0.29, 0.717) is 0 Å². The standard InChI is InChI=1S/C18H18N4/c1-21-16-8-3-6-14-5-2-7-15(17(14)16)18(21)20-9-4-11-22-12-10-19-13-22/h2-3,5-8,10,12-13H,4,9,11H2,1H3/b20-18+. The molecule has 0 aliphatic carbocycles. The maximum Gasteiger partial charge on any atom is 0.135 e. The van der Waals surface area contributed by atoms with Crippen LogP contribution in [0.5, 0.6) is 0 Å². The van der Waals surface area contributed by atoms with E-state index in [2.05, 4.69) is 57.9 Å². The maximum atomic E-state index is 4.85. The highest BCUT2D eigenvalue weighted by Gasteiger charge is 2.24. The smallest absolute Gasteiger partial charge is 0.135 e. The molecule has 1 aliphatic heterocycles. The Balaban J connectivity index is 1.58. The summed E-state index contributed by atoms with van der Waals surface area (Å²) in [6, 6.07) is 12.9. The number of benzene rings is 2. The highest BCUT2D eigenvalue weighted by atomic mass is 15.2. The Labute approximate surface area is 129 Å². The molecular formula is C18H18N4. The van der Waals surface area contributed by atoms with Gasteiger partial charge in [0.2, 0.25) is 0 Å². The van der Waals surface area contributed by atoms with Crippen LogP contribution in [0.25, 0.3) is 10.8 Å². The van der Waals surface area contributed by atoms with Gasteiger partial charge in [-0.1, -0.05) is 30.3 Å². The molecule has 4 heteroatoms. The van der Waals surface area contributed by atoms with E-state index in [1.165, 1.54) is 22.0 Å². The van der Waals surface area contributed by atoms with E-state index in [0.717, 1.165) is 25.3 Å². The summed E-state index contributed by atoms with van der Waals surface area (Å²) in [5.74, 6) is 1.08. The zero-order chi connectivity index (χ0) is 14.9. The zero-order valence-corrected chi connectivity index (χ0v) is 12.6. The molecule has 0 fully saturated rings. The second-order valence-corrected chi connectivity index (χ2v) is 5.60. The lowest BCUT2D eigenvalue weighted by Gasteiger charge is -2.14. The summed E-state index contributed by atoms with van der Waals surface area (Å²) in [7, 11) is 2.10. The molecule has 0 saturated carbocycles. The third-order valence-corrected chi connectivity index (χ3v) is 4.20. The van der Waals surface area contributed by atoms with E-state index in [4.69, 9.17) is 4.99 Å². The number of aromatic nitrogens is 2. The van der Waals surface area contributed by atoms with Crippen molar-refractivity contribution in [1.82, 2.24) is 9.55 Å². The van der Waals surface area contributed by atoms with Crippen LogP contribution in [0.2, 0.25) is 0 Å². The molecule has 1 aromatic heterocycles. The van der Waals surface area contributed by atoms with Gasteiger partial charge in [0.05, 0.1) is 12.0 Å². The van der Waals surface area contributed by atoms with Crippen LogP contribution < -0.4 is 4.90 Å². The Morgan fingerprint density at radius 1 is 1.14 bits per heavy atom. The van der Waals surface area contributed by atoms with Crippen LogP contribution in [0.4, 0.5) is 5.69 Å². The van der Waals surface area contributed by atoms with Gasteiger partial charge >= 0.3 is 0 Å². The van der Waals surface area contributed by atoms with Crippen molar-refractivity contribution in [3.63, 3.8) is 0 Å². The highest BCUT2D eigenvalue weighted by molar-refractivity contribution is 6.26. The van der Waals surface area contributed by atoms with Crippen molar-refractivity contribution in [2.24, 2.45) is 4.99 Å². The molecule has 4 rings (SSSR count). The molecule has 4 nitrogen and oxygen atoms in total. The largest absolute Gasteiger partial charge is 0.337 e. The summed E-state index contributed by atoms with van der Waals surface area (Å²) < 4.78 is 2.09. The number of aliphatic imine (C=N–C) groups is 1. The van der Waals surface area contributed by atoms with Gasteiger partial charge in [-0.2, -0.15) is 0 Å². The summed E-state index contributed by atoms with van der Waals surface area (Å²) in [6.07, 6.45) is 6.67. The van der Waals surface area contributed by atoms with Gasteiger partial charge in [-0.25, -0.2) is 4.98 Å². The quantitative estimate of drug-likeness (QED) is 0.691. The van der Waals surface area contributed by atoms with Crippen molar-refractivity contribution in [3.05, 3.63) is 60.7 Å². The molecule has 0 radical (unpaired) electrons. The van der Waals surface area contributed by atoms with E-state index >= 15 is 0 Å². The van der Waals surface area contributed by atoms with Gasteiger partial charge in [0, 0.05) is 43.5 Å². The number of rotatable bonds is 4. The van der Waals surface area contributed by atoms with Gasteiger partial charge in [-0.05, 0) is 17.9 Å². The maximum absolute atomic E-state index is 4.85. The van der Waals surface area contributed by atoms with Crippen LogP contribution in [0.1, 0.15) is 12.0 Å². The van der Waals surface area contributed by atoms with Crippen molar-refractivity contribution in [3.8, 4) is 0 Å². The average Bonchev–Trinajstić information content (AvgIpc) is 3.15. The number of hydrogen-bond acceptors (Lipinski definition) is 2. The number of anilines is 1. The minimum Gasteiger partial charge on any atom is -0.337 e.